The van der Waals surface area contributed by atoms with Crippen molar-refractivity contribution in [1.29, 1.82) is 0 Å². The smallest absolute Gasteiger partial charge is 0.340 e. The lowest BCUT2D eigenvalue weighted by atomic mass is 10.2. The monoisotopic (exact) mass is 354 g/mol. The van der Waals surface area contributed by atoms with Crippen molar-refractivity contribution in [3.8, 4) is 0 Å². The average molecular weight is 354 g/mol. The molecule has 0 aliphatic rings. The minimum atomic E-state index is -0.723. The summed E-state index contributed by atoms with van der Waals surface area (Å²) in [6, 6.07) is 12.6. The van der Waals surface area contributed by atoms with Gasteiger partial charge in [0.15, 0.2) is 12.4 Å². The maximum Gasteiger partial charge on any atom is 0.340 e. The van der Waals surface area contributed by atoms with Crippen molar-refractivity contribution in [2.24, 2.45) is 0 Å². The van der Waals surface area contributed by atoms with Crippen LogP contribution < -0.4 is 16.8 Å². The van der Waals surface area contributed by atoms with E-state index in [4.69, 9.17) is 16.2 Å². The van der Waals surface area contributed by atoms with Crippen LogP contribution in [0.1, 0.15) is 16.2 Å². The SMILES string of the molecule is Nc1nc(COC(=O)c2ccc(F)cc2N)nc(Nc2ccccc2)n1. The second-order valence-electron chi connectivity index (χ2n) is 5.23. The Morgan fingerprint density at radius 1 is 1.08 bits per heavy atom. The number of hydrogen-bond donors (Lipinski definition) is 3. The van der Waals surface area contributed by atoms with Gasteiger partial charge in [0.25, 0.3) is 0 Å². The Balaban J connectivity index is 1.70. The average Bonchev–Trinajstić information content (AvgIpc) is 2.60. The maximum atomic E-state index is 13.0. The fraction of sp³-hybridized carbons (Fsp3) is 0.0588. The summed E-state index contributed by atoms with van der Waals surface area (Å²) in [6.07, 6.45) is 0. The molecule has 3 rings (SSSR count). The van der Waals surface area contributed by atoms with E-state index in [0.29, 0.717) is 0 Å². The molecule has 0 spiro atoms. The Morgan fingerprint density at radius 3 is 2.58 bits per heavy atom. The van der Waals surface area contributed by atoms with Gasteiger partial charge in [0, 0.05) is 11.4 Å². The number of para-hydroxylation sites is 1. The zero-order valence-corrected chi connectivity index (χ0v) is 13.5. The molecule has 0 saturated carbocycles. The van der Waals surface area contributed by atoms with E-state index >= 15 is 0 Å². The number of nitrogens with one attached hydrogen (secondary N) is 1. The van der Waals surface area contributed by atoms with Crippen LogP contribution in [0, 0.1) is 5.82 Å². The number of nitrogen functional groups attached to an aromatic ring is 2. The minimum absolute atomic E-state index is 0.0170. The predicted octanol–water partition coefficient (Wildman–Crippen LogP) is 2.28. The highest BCUT2D eigenvalue weighted by molar-refractivity contribution is 5.94. The van der Waals surface area contributed by atoms with Crippen LogP contribution in [0.5, 0.6) is 0 Å². The zero-order valence-electron chi connectivity index (χ0n) is 13.5. The lowest BCUT2D eigenvalue weighted by Crippen LogP contribution is -2.12. The molecule has 0 aliphatic heterocycles. The second-order valence-corrected chi connectivity index (χ2v) is 5.23. The van der Waals surface area contributed by atoms with Crippen LogP contribution in [0.25, 0.3) is 0 Å². The van der Waals surface area contributed by atoms with Gasteiger partial charge in [-0.15, -0.1) is 0 Å². The molecule has 0 radical (unpaired) electrons. The molecular weight excluding hydrogens is 339 g/mol. The fourth-order valence-electron chi connectivity index (χ4n) is 2.14. The highest BCUT2D eigenvalue weighted by atomic mass is 19.1. The molecule has 9 heteroatoms. The van der Waals surface area contributed by atoms with Crippen LogP contribution in [0.2, 0.25) is 0 Å². The molecule has 0 bridgehead atoms. The number of anilines is 4. The van der Waals surface area contributed by atoms with Gasteiger partial charge in [-0.2, -0.15) is 15.0 Å². The van der Waals surface area contributed by atoms with Gasteiger partial charge in [-0.3, -0.25) is 0 Å². The normalized spacial score (nSPS) is 10.3. The zero-order chi connectivity index (χ0) is 18.5. The summed E-state index contributed by atoms with van der Waals surface area (Å²) in [5, 5.41) is 2.98. The first-order valence-corrected chi connectivity index (χ1v) is 7.56. The molecule has 8 nitrogen and oxygen atoms in total. The Morgan fingerprint density at radius 2 is 1.85 bits per heavy atom. The van der Waals surface area contributed by atoms with E-state index in [1.54, 1.807) is 0 Å². The largest absolute Gasteiger partial charge is 0.454 e. The Labute approximate surface area is 148 Å². The number of nitrogens with zero attached hydrogens (tertiary/aromatic N) is 3. The molecule has 5 N–H and O–H groups in total. The Bertz CT molecular complexity index is 936. The lowest BCUT2D eigenvalue weighted by Gasteiger charge is -2.09. The summed E-state index contributed by atoms with van der Waals surface area (Å²) in [6.45, 7) is -0.244. The quantitative estimate of drug-likeness (QED) is 0.470. The fourth-order valence-corrected chi connectivity index (χ4v) is 2.14. The van der Waals surface area contributed by atoms with Crippen molar-refractivity contribution in [3.05, 3.63) is 65.7 Å². The summed E-state index contributed by atoms with van der Waals surface area (Å²) in [7, 11) is 0. The van der Waals surface area contributed by atoms with Crippen molar-refractivity contribution in [3.63, 3.8) is 0 Å². The number of nitrogens with two attached hydrogens (primary N) is 2. The topological polar surface area (TPSA) is 129 Å². The van der Waals surface area contributed by atoms with E-state index in [-0.39, 0.29) is 35.6 Å². The number of halogens is 1. The van der Waals surface area contributed by atoms with Crippen molar-refractivity contribution in [2.45, 2.75) is 6.61 Å². The predicted molar refractivity (Wildman–Crippen MR) is 93.9 cm³/mol. The van der Waals surface area contributed by atoms with Gasteiger partial charge < -0.3 is 21.5 Å². The molecule has 0 fully saturated rings. The summed E-state index contributed by atoms with van der Waals surface area (Å²) < 4.78 is 18.2. The number of esters is 1. The second kappa shape index (κ2) is 7.43. The van der Waals surface area contributed by atoms with Gasteiger partial charge in [-0.1, -0.05) is 18.2 Å². The Kier molecular flexibility index (Phi) is 4.88. The lowest BCUT2D eigenvalue weighted by molar-refractivity contribution is 0.0463. The number of ether oxygens (including phenoxy) is 1. The molecule has 1 heterocycles. The molecule has 0 atom stereocenters. The summed E-state index contributed by atoms with van der Waals surface area (Å²) in [5.41, 5.74) is 12.1. The highest BCUT2D eigenvalue weighted by Crippen LogP contribution is 2.16. The first-order valence-electron chi connectivity index (χ1n) is 7.56. The number of rotatable bonds is 5. The number of benzene rings is 2. The maximum absolute atomic E-state index is 13.0. The highest BCUT2D eigenvalue weighted by Gasteiger charge is 2.14. The van der Waals surface area contributed by atoms with Gasteiger partial charge in [0.1, 0.15) is 5.82 Å². The number of aromatic nitrogens is 3. The molecule has 1 aromatic heterocycles. The van der Waals surface area contributed by atoms with Crippen LogP contribution in [-0.4, -0.2) is 20.9 Å². The standard InChI is InChI=1S/C17H15FN6O2/c18-10-6-7-12(13(19)8-10)15(25)26-9-14-22-16(20)24-17(23-14)21-11-4-2-1-3-5-11/h1-8H,9,19H2,(H3,20,21,22,23,24). The van der Waals surface area contributed by atoms with E-state index in [9.17, 15) is 9.18 Å². The molecule has 26 heavy (non-hydrogen) atoms. The van der Waals surface area contributed by atoms with Crippen LogP contribution in [0.15, 0.2) is 48.5 Å². The van der Waals surface area contributed by atoms with Crippen molar-refractivity contribution < 1.29 is 13.9 Å². The molecular formula is C17H15FN6O2. The van der Waals surface area contributed by atoms with Gasteiger partial charge in [-0.05, 0) is 30.3 Å². The molecule has 3 aromatic rings. The molecule has 132 valence electrons. The van der Waals surface area contributed by atoms with Crippen LogP contribution in [-0.2, 0) is 11.3 Å². The van der Waals surface area contributed by atoms with E-state index in [2.05, 4.69) is 20.3 Å². The van der Waals surface area contributed by atoms with Crippen molar-refractivity contribution in [2.75, 3.05) is 16.8 Å². The van der Waals surface area contributed by atoms with E-state index < -0.39 is 11.8 Å². The minimum Gasteiger partial charge on any atom is -0.454 e. The third-order valence-electron chi connectivity index (χ3n) is 3.29. The van der Waals surface area contributed by atoms with Crippen LogP contribution in [0.3, 0.4) is 0 Å². The first kappa shape index (κ1) is 17.1. The summed E-state index contributed by atoms with van der Waals surface area (Å²) in [4.78, 5) is 24.1. The van der Waals surface area contributed by atoms with E-state index in [1.807, 2.05) is 30.3 Å². The first-order chi connectivity index (χ1) is 12.5. The van der Waals surface area contributed by atoms with Gasteiger partial charge >= 0.3 is 5.97 Å². The summed E-state index contributed by atoms with van der Waals surface area (Å²) >= 11 is 0. The van der Waals surface area contributed by atoms with Gasteiger partial charge in [0.05, 0.1) is 5.56 Å². The van der Waals surface area contributed by atoms with Crippen LogP contribution >= 0.6 is 0 Å². The molecule has 2 aromatic carbocycles. The molecule has 0 unspecified atom stereocenters. The van der Waals surface area contributed by atoms with Crippen molar-refractivity contribution >= 4 is 29.2 Å². The number of carbonyl (C=O) groups excluding carboxylic acids is 1. The molecule has 0 aliphatic carbocycles. The van der Waals surface area contributed by atoms with E-state index in [0.717, 1.165) is 17.8 Å². The number of hydrogen-bond acceptors (Lipinski definition) is 8. The van der Waals surface area contributed by atoms with Gasteiger partial charge in [0.2, 0.25) is 11.9 Å². The van der Waals surface area contributed by atoms with Crippen LogP contribution in [0.4, 0.5) is 27.7 Å². The molecule has 0 amide bonds. The van der Waals surface area contributed by atoms with Crippen molar-refractivity contribution in [1.82, 2.24) is 15.0 Å². The molecule has 0 saturated heterocycles. The van der Waals surface area contributed by atoms with Gasteiger partial charge in [-0.25, -0.2) is 9.18 Å². The number of carbonyl (C=O) groups is 1. The third-order valence-corrected chi connectivity index (χ3v) is 3.29. The Hall–Kier alpha value is -3.75. The third kappa shape index (κ3) is 4.20. The summed E-state index contributed by atoms with van der Waals surface area (Å²) in [5.74, 6) is -0.910. The van der Waals surface area contributed by atoms with E-state index in [1.165, 1.54) is 6.07 Å².